The number of nitro benzene ring substituents is 1. The molecule has 3 nitrogen and oxygen atoms in total. The maximum atomic E-state index is 10.5. The maximum absolute atomic E-state index is 10.5. The van der Waals surface area contributed by atoms with Gasteiger partial charge in [0, 0.05) is 12.1 Å². The number of hydrogen-bond acceptors (Lipinski definition) is 2. The molecule has 0 fully saturated rings. The Morgan fingerprint density at radius 2 is 1.67 bits per heavy atom. The molecule has 0 heterocycles. The molecule has 0 aromatic heterocycles. The Morgan fingerprint density at radius 3 is 2.22 bits per heavy atom. The molecule has 2 rings (SSSR count). The van der Waals surface area contributed by atoms with Gasteiger partial charge < -0.3 is 0 Å². The van der Waals surface area contributed by atoms with Crippen molar-refractivity contribution in [2.75, 3.05) is 0 Å². The minimum Gasteiger partial charge on any atom is -0.258 e. The smallest absolute Gasteiger partial charge is 0.258 e. The van der Waals surface area contributed by atoms with Crippen LogP contribution in [0, 0.1) is 10.1 Å². The van der Waals surface area contributed by atoms with Gasteiger partial charge in [-0.2, -0.15) is 0 Å². The summed E-state index contributed by atoms with van der Waals surface area (Å²) in [5.41, 5.74) is 2.14. The molecule has 0 radical (unpaired) electrons. The molecule has 0 spiro atoms. The predicted molar refractivity (Wildman–Crippen MR) is 71.8 cm³/mol. The summed E-state index contributed by atoms with van der Waals surface area (Å²) in [4.78, 5) is 10.1. The molecule has 0 unspecified atom stereocenters. The molecule has 0 saturated heterocycles. The summed E-state index contributed by atoms with van der Waals surface area (Å²) < 4.78 is 0. The monoisotopic (exact) mass is 261 g/mol. The second kappa shape index (κ2) is 5.65. The maximum Gasteiger partial charge on any atom is 0.269 e. The Morgan fingerprint density at radius 1 is 1.06 bits per heavy atom. The van der Waals surface area contributed by atoms with E-state index in [-0.39, 0.29) is 11.1 Å². The summed E-state index contributed by atoms with van der Waals surface area (Å²) in [6, 6.07) is 16.3. The van der Waals surface area contributed by atoms with E-state index in [1.165, 1.54) is 12.1 Å². The molecule has 0 aliphatic heterocycles. The predicted octanol–water partition coefficient (Wildman–Crippen LogP) is 4.12. The van der Waals surface area contributed by atoms with Crippen molar-refractivity contribution in [2.45, 2.75) is 11.8 Å². The van der Waals surface area contributed by atoms with Crippen molar-refractivity contribution in [3.05, 3.63) is 75.8 Å². The normalized spacial score (nSPS) is 12.1. The van der Waals surface area contributed by atoms with Gasteiger partial charge in [0.15, 0.2) is 0 Å². The lowest BCUT2D eigenvalue weighted by Gasteiger charge is -2.09. The van der Waals surface area contributed by atoms with Crippen LogP contribution in [0.15, 0.2) is 54.6 Å². The number of alkyl halides is 1. The van der Waals surface area contributed by atoms with Crippen LogP contribution in [0.4, 0.5) is 5.69 Å². The Bertz CT molecular complexity index is 525. The highest BCUT2D eigenvalue weighted by molar-refractivity contribution is 6.20. The highest BCUT2D eigenvalue weighted by Crippen LogP contribution is 2.25. The quantitative estimate of drug-likeness (QED) is 0.472. The molecule has 0 N–H and O–H groups in total. The summed E-state index contributed by atoms with van der Waals surface area (Å²) in [5, 5.41) is 10.4. The molecule has 0 aliphatic rings. The number of halogens is 1. The summed E-state index contributed by atoms with van der Waals surface area (Å²) >= 11 is 6.31. The minimum atomic E-state index is -0.404. The Kier molecular flexibility index (Phi) is 3.95. The standard InChI is InChI=1S/C14H12ClNO2/c15-14(12-4-2-1-3-5-12)10-11-6-8-13(9-7-11)16(17)18/h1-9,14H,10H2/t14-/m0/s1. The lowest BCUT2D eigenvalue weighted by molar-refractivity contribution is -0.384. The summed E-state index contributed by atoms with van der Waals surface area (Å²) in [5.74, 6) is 0. The zero-order valence-corrected chi connectivity index (χ0v) is 10.4. The van der Waals surface area contributed by atoms with Gasteiger partial charge in [-0.3, -0.25) is 10.1 Å². The average molecular weight is 262 g/mol. The van der Waals surface area contributed by atoms with Gasteiger partial charge >= 0.3 is 0 Å². The van der Waals surface area contributed by atoms with Crippen molar-refractivity contribution in [1.82, 2.24) is 0 Å². The van der Waals surface area contributed by atoms with Crippen LogP contribution in [0.5, 0.6) is 0 Å². The number of benzene rings is 2. The molecule has 0 bridgehead atoms. The van der Waals surface area contributed by atoms with Gasteiger partial charge in [-0.05, 0) is 17.5 Å². The lowest BCUT2D eigenvalue weighted by atomic mass is 10.0. The number of rotatable bonds is 4. The first-order chi connectivity index (χ1) is 8.66. The third kappa shape index (κ3) is 3.08. The molecule has 0 aliphatic carbocycles. The molecular formula is C14H12ClNO2. The van der Waals surface area contributed by atoms with Crippen LogP contribution in [-0.4, -0.2) is 4.92 Å². The van der Waals surface area contributed by atoms with Crippen LogP contribution < -0.4 is 0 Å². The van der Waals surface area contributed by atoms with Crippen molar-refractivity contribution >= 4 is 17.3 Å². The van der Waals surface area contributed by atoms with E-state index in [0.29, 0.717) is 6.42 Å². The van der Waals surface area contributed by atoms with Gasteiger partial charge in [0.2, 0.25) is 0 Å². The van der Waals surface area contributed by atoms with E-state index in [9.17, 15) is 10.1 Å². The van der Waals surface area contributed by atoms with Crippen molar-refractivity contribution in [3.8, 4) is 0 Å². The second-order valence-electron chi connectivity index (χ2n) is 4.01. The van der Waals surface area contributed by atoms with E-state index in [2.05, 4.69) is 0 Å². The number of hydrogen-bond donors (Lipinski definition) is 0. The Balaban J connectivity index is 2.08. The zero-order chi connectivity index (χ0) is 13.0. The first-order valence-corrected chi connectivity index (χ1v) is 6.03. The summed E-state index contributed by atoms with van der Waals surface area (Å²) in [7, 11) is 0. The van der Waals surface area contributed by atoms with E-state index < -0.39 is 4.92 Å². The van der Waals surface area contributed by atoms with E-state index in [0.717, 1.165) is 11.1 Å². The molecule has 92 valence electrons. The molecule has 18 heavy (non-hydrogen) atoms. The molecule has 2 aromatic carbocycles. The van der Waals surface area contributed by atoms with Crippen LogP contribution in [0.2, 0.25) is 0 Å². The van der Waals surface area contributed by atoms with Crippen molar-refractivity contribution in [3.63, 3.8) is 0 Å². The largest absolute Gasteiger partial charge is 0.269 e. The van der Waals surface area contributed by atoms with Crippen LogP contribution in [0.1, 0.15) is 16.5 Å². The van der Waals surface area contributed by atoms with Crippen molar-refractivity contribution in [1.29, 1.82) is 0 Å². The number of non-ortho nitro benzene ring substituents is 1. The van der Waals surface area contributed by atoms with E-state index >= 15 is 0 Å². The van der Waals surface area contributed by atoms with Crippen LogP contribution >= 0.6 is 11.6 Å². The highest BCUT2D eigenvalue weighted by atomic mass is 35.5. The number of nitro groups is 1. The molecule has 0 amide bonds. The fourth-order valence-corrected chi connectivity index (χ4v) is 2.06. The van der Waals surface area contributed by atoms with Crippen molar-refractivity contribution in [2.24, 2.45) is 0 Å². The third-order valence-electron chi connectivity index (χ3n) is 2.72. The summed E-state index contributed by atoms with van der Waals surface area (Å²) in [6.45, 7) is 0. The number of nitrogens with zero attached hydrogens (tertiary/aromatic N) is 1. The first-order valence-electron chi connectivity index (χ1n) is 5.59. The molecule has 4 heteroatoms. The van der Waals surface area contributed by atoms with Gasteiger partial charge in [0.05, 0.1) is 10.3 Å². The third-order valence-corrected chi connectivity index (χ3v) is 3.13. The lowest BCUT2D eigenvalue weighted by Crippen LogP contribution is -1.96. The Labute approximate surface area is 110 Å². The van der Waals surface area contributed by atoms with Gasteiger partial charge in [-0.1, -0.05) is 42.5 Å². The van der Waals surface area contributed by atoms with E-state index in [1.807, 2.05) is 30.3 Å². The molecule has 0 saturated carbocycles. The first kappa shape index (κ1) is 12.6. The second-order valence-corrected chi connectivity index (χ2v) is 4.53. The molecule has 2 aromatic rings. The van der Waals surface area contributed by atoms with E-state index in [4.69, 9.17) is 11.6 Å². The van der Waals surface area contributed by atoms with Crippen LogP contribution in [0.3, 0.4) is 0 Å². The van der Waals surface area contributed by atoms with Crippen molar-refractivity contribution < 1.29 is 4.92 Å². The Hall–Kier alpha value is -1.87. The minimum absolute atomic E-state index is 0.101. The summed E-state index contributed by atoms with van der Waals surface area (Å²) in [6.07, 6.45) is 0.656. The van der Waals surface area contributed by atoms with Gasteiger partial charge in [0.25, 0.3) is 5.69 Å². The topological polar surface area (TPSA) is 43.1 Å². The molecular weight excluding hydrogens is 250 g/mol. The zero-order valence-electron chi connectivity index (χ0n) is 9.62. The van der Waals surface area contributed by atoms with Gasteiger partial charge in [-0.15, -0.1) is 11.6 Å². The van der Waals surface area contributed by atoms with E-state index in [1.54, 1.807) is 12.1 Å². The molecule has 1 atom stereocenters. The average Bonchev–Trinajstić information content (AvgIpc) is 2.40. The van der Waals surface area contributed by atoms with Gasteiger partial charge in [0.1, 0.15) is 0 Å². The highest BCUT2D eigenvalue weighted by Gasteiger charge is 2.10. The van der Waals surface area contributed by atoms with Crippen LogP contribution in [-0.2, 0) is 6.42 Å². The van der Waals surface area contributed by atoms with Gasteiger partial charge in [-0.25, -0.2) is 0 Å². The fourth-order valence-electron chi connectivity index (χ4n) is 1.74. The van der Waals surface area contributed by atoms with Crippen LogP contribution in [0.25, 0.3) is 0 Å². The SMILES string of the molecule is O=[N+]([O-])c1ccc(C[C@H](Cl)c2ccccc2)cc1. The fraction of sp³-hybridized carbons (Fsp3) is 0.143.